The van der Waals surface area contributed by atoms with Crippen LogP contribution in [0.1, 0.15) is 5.56 Å². The SMILES string of the molecule is Clc1cc(Cl)cc(Nc2nncc(NCc3ccccc3Cl)n2)c1. The van der Waals surface area contributed by atoms with E-state index < -0.39 is 0 Å². The minimum Gasteiger partial charge on any atom is -0.364 e. The second kappa shape index (κ2) is 7.66. The molecular formula is C16H12Cl3N5. The number of aromatic nitrogens is 3. The second-order valence-electron chi connectivity index (χ2n) is 4.89. The number of hydrogen-bond acceptors (Lipinski definition) is 5. The van der Waals surface area contributed by atoms with Crippen LogP contribution in [-0.2, 0) is 6.54 Å². The van der Waals surface area contributed by atoms with Crippen molar-refractivity contribution in [3.8, 4) is 0 Å². The fourth-order valence-electron chi connectivity index (χ4n) is 2.02. The van der Waals surface area contributed by atoms with Crippen molar-refractivity contribution in [2.75, 3.05) is 10.6 Å². The molecule has 0 unspecified atom stereocenters. The van der Waals surface area contributed by atoms with Crippen molar-refractivity contribution in [2.45, 2.75) is 6.54 Å². The molecule has 2 N–H and O–H groups in total. The summed E-state index contributed by atoms with van der Waals surface area (Å²) < 4.78 is 0. The maximum atomic E-state index is 6.13. The molecule has 3 aromatic rings. The Bertz CT molecular complexity index is 836. The topological polar surface area (TPSA) is 62.7 Å². The average molecular weight is 381 g/mol. The summed E-state index contributed by atoms with van der Waals surface area (Å²) in [5.41, 5.74) is 1.64. The number of anilines is 3. The molecule has 3 rings (SSSR count). The van der Waals surface area contributed by atoms with Gasteiger partial charge in [-0.15, -0.1) is 5.10 Å². The number of nitrogens with zero attached hydrogens (tertiary/aromatic N) is 3. The summed E-state index contributed by atoms with van der Waals surface area (Å²) in [5.74, 6) is 0.901. The molecule has 1 heterocycles. The molecule has 0 atom stereocenters. The first-order chi connectivity index (χ1) is 11.6. The van der Waals surface area contributed by atoms with E-state index in [-0.39, 0.29) is 0 Å². The van der Waals surface area contributed by atoms with Crippen LogP contribution in [0.4, 0.5) is 17.5 Å². The first kappa shape index (κ1) is 16.8. The number of benzene rings is 2. The van der Waals surface area contributed by atoms with Gasteiger partial charge in [-0.1, -0.05) is 53.0 Å². The fourth-order valence-corrected chi connectivity index (χ4v) is 2.75. The monoisotopic (exact) mass is 379 g/mol. The van der Waals surface area contributed by atoms with E-state index in [1.54, 1.807) is 18.2 Å². The van der Waals surface area contributed by atoms with Crippen molar-refractivity contribution in [1.29, 1.82) is 0 Å². The highest BCUT2D eigenvalue weighted by atomic mass is 35.5. The van der Waals surface area contributed by atoms with E-state index in [2.05, 4.69) is 25.8 Å². The molecule has 0 bridgehead atoms. The molecule has 0 aliphatic rings. The van der Waals surface area contributed by atoms with Gasteiger partial charge < -0.3 is 10.6 Å². The van der Waals surface area contributed by atoms with Crippen molar-refractivity contribution in [3.63, 3.8) is 0 Å². The van der Waals surface area contributed by atoms with Crippen LogP contribution in [0, 0.1) is 0 Å². The standard InChI is InChI=1S/C16H12Cl3N5/c17-11-5-12(18)7-13(6-11)22-16-23-15(9-21-24-16)20-8-10-3-1-2-4-14(10)19/h1-7,9H,8H2,(H2,20,22,23,24). The third-order valence-electron chi connectivity index (χ3n) is 3.10. The summed E-state index contributed by atoms with van der Waals surface area (Å²) in [5, 5.41) is 15.8. The number of halogens is 3. The molecule has 1 aromatic heterocycles. The van der Waals surface area contributed by atoms with Crippen LogP contribution in [0.3, 0.4) is 0 Å². The van der Waals surface area contributed by atoms with Gasteiger partial charge in [0, 0.05) is 27.3 Å². The Hall–Kier alpha value is -2.08. The molecule has 122 valence electrons. The first-order valence-corrected chi connectivity index (χ1v) is 8.14. The van der Waals surface area contributed by atoms with Crippen LogP contribution in [0.25, 0.3) is 0 Å². The normalized spacial score (nSPS) is 10.5. The van der Waals surface area contributed by atoms with Gasteiger partial charge in [-0.2, -0.15) is 10.1 Å². The lowest BCUT2D eigenvalue weighted by Crippen LogP contribution is -2.06. The van der Waals surface area contributed by atoms with Crippen LogP contribution < -0.4 is 10.6 Å². The van der Waals surface area contributed by atoms with Crippen molar-refractivity contribution in [1.82, 2.24) is 15.2 Å². The Balaban J connectivity index is 1.71. The van der Waals surface area contributed by atoms with Gasteiger partial charge >= 0.3 is 0 Å². The lowest BCUT2D eigenvalue weighted by Gasteiger charge is -2.09. The zero-order valence-corrected chi connectivity index (χ0v) is 14.6. The van der Waals surface area contributed by atoms with Gasteiger partial charge in [0.1, 0.15) is 0 Å². The van der Waals surface area contributed by atoms with E-state index in [1.807, 2.05) is 24.3 Å². The van der Waals surface area contributed by atoms with Crippen molar-refractivity contribution in [2.24, 2.45) is 0 Å². The van der Waals surface area contributed by atoms with Crippen LogP contribution in [0.15, 0.2) is 48.7 Å². The van der Waals surface area contributed by atoms with E-state index in [1.165, 1.54) is 6.20 Å². The Morgan fingerprint density at radius 1 is 0.958 bits per heavy atom. The lowest BCUT2D eigenvalue weighted by atomic mass is 10.2. The van der Waals surface area contributed by atoms with E-state index in [9.17, 15) is 0 Å². The molecule has 8 heteroatoms. The van der Waals surface area contributed by atoms with E-state index in [4.69, 9.17) is 34.8 Å². The lowest BCUT2D eigenvalue weighted by molar-refractivity contribution is 0.966. The minimum atomic E-state index is 0.331. The quantitative estimate of drug-likeness (QED) is 0.638. The molecule has 0 saturated heterocycles. The zero-order valence-electron chi connectivity index (χ0n) is 12.3. The molecular weight excluding hydrogens is 369 g/mol. The van der Waals surface area contributed by atoms with E-state index in [0.29, 0.717) is 39.1 Å². The third-order valence-corrected chi connectivity index (χ3v) is 3.90. The smallest absolute Gasteiger partial charge is 0.249 e. The molecule has 24 heavy (non-hydrogen) atoms. The van der Waals surface area contributed by atoms with Gasteiger partial charge in [-0.25, -0.2) is 0 Å². The van der Waals surface area contributed by atoms with Gasteiger partial charge in [0.25, 0.3) is 0 Å². The molecule has 0 aliphatic heterocycles. The highest BCUT2D eigenvalue weighted by Crippen LogP contribution is 2.24. The van der Waals surface area contributed by atoms with Gasteiger partial charge in [0.05, 0.1) is 6.20 Å². The summed E-state index contributed by atoms with van der Waals surface area (Å²) in [6.07, 6.45) is 1.53. The summed E-state index contributed by atoms with van der Waals surface area (Å²) in [4.78, 5) is 4.35. The van der Waals surface area contributed by atoms with E-state index in [0.717, 1.165) is 5.56 Å². The fraction of sp³-hybridized carbons (Fsp3) is 0.0625. The third kappa shape index (κ3) is 4.47. The largest absolute Gasteiger partial charge is 0.364 e. The Kier molecular flexibility index (Phi) is 5.35. The molecule has 0 aliphatic carbocycles. The minimum absolute atomic E-state index is 0.331. The zero-order chi connectivity index (χ0) is 16.9. The van der Waals surface area contributed by atoms with Crippen LogP contribution in [0.2, 0.25) is 15.1 Å². The van der Waals surface area contributed by atoms with Gasteiger partial charge in [0.15, 0.2) is 5.82 Å². The highest BCUT2D eigenvalue weighted by Gasteiger charge is 2.04. The van der Waals surface area contributed by atoms with E-state index >= 15 is 0 Å². The maximum Gasteiger partial charge on any atom is 0.249 e. The summed E-state index contributed by atoms with van der Waals surface area (Å²) in [7, 11) is 0. The number of nitrogens with one attached hydrogen (secondary N) is 2. The number of rotatable bonds is 5. The molecule has 2 aromatic carbocycles. The molecule has 0 spiro atoms. The number of hydrogen-bond donors (Lipinski definition) is 2. The molecule has 5 nitrogen and oxygen atoms in total. The van der Waals surface area contributed by atoms with Crippen LogP contribution >= 0.6 is 34.8 Å². The van der Waals surface area contributed by atoms with Crippen LogP contribution in [-0.4, -0.2) is 15.2 Å². The van der Waals surface area contributed by atoms with Crippen LogP contribution in [0.5, 0.6) is 0 Å². The van der Waals surface area contributed by atoms with Gasteiger partial charge in [-0.05, 0) is 29.8 Å². The maximum absolute atomic E-state index is 6.13. The Labute approximate surface area is 154 Å². The first-order valence-electron chi connectivity index (χ1n) is 7.00. The highest BCUT2D eigenvalue weighted by molar-refractivity contribution is 6.35. The summed E-state index contributed by atoms with van der Waals surface area (Å²) in [6.45, 7) is 0.529. The molecule has 0 radical (unpaired) electrons. The Morgan fingerprint density at radius 2 is 1.71 bits per heavy atom. The second-order valence-corrected chi connectivity index (χ2v) is 6.17. The van der Waals surface area contributed by atoms with Gasteiger partial charge in [-0.3, -0.25) is 0 Å². The molecule has 0 saturated carbocycles. The van der Waals surface area contributed by atoms with Crippen molar-refractivity contribution in [3.05, 3.63) is 69.3 Å². The molecule has 0 fully saturated rings. The van der Waals surface area contributed by atoms with Gasteiger partial charge in [0.2, 0.25) is 5.95 Å². The predicted octanol–water partition coefficient (Wildman–Crippen LogP) is 5.19. The van der Waals surface area contributed by atoms with Crippen molar-refractivity contribution >= 4 is 52.3 Å². The summed E-state index contributed by atoms with van der Waals surface area (Å²) >= 11 is 18.1. The Morgan fingerprint density at radius 3 is 2.46 bits per heavy atom. The summed E-state index contributed by atoms with van der Waals surface area (Å²) in [6, 6.07) is 12.7. The van der Waals surface area contributed by atoms with Crippen molar-refractivity contribution < 1.29 is 0 Å². The molecule has 0 amide bonds. The predicted molar refractivity (Wildman–Crippen MR) is 98.4 cm³/mol. The average Bonchev–Trinajstić information content (AvgIpc) is 2.53.